The Bertz CT molecular complexity index is 645. The Morgan fingerprint density at radius 1 is 1.25 bits per heavy atom. The first-order valence-electron chi connectivity index (χ1n) is 6.15. The number of aliphatic hydroxyl groups excluding tert-OH is 1. The van der Waals surface area contributed by atoms with Crippen molar-refractivity contribution in [2.45, 2.75) is 12.5 Å². The summed E-state index contributed by atoms with van der Waals surface area (Å²) in [4.78, 5) is 0. The van der Waals surface area contributed by atoms with Gasteiger partial charge in [0.05, 0.1) is 11.1 Å². The van der Waals surface area contributed by atoms with E-state index in [-0.39, 0.29) is 12.6 Å². The fourth-order valence-corrected chi connectivity index (χ4v) is 2.46. The second-order valence-electron chi connectivity index (χ2n) is 4.59. The van der Waals surface area contributed by atoms with Gasteiger partial charge in [0.15, 0.2) is 11.5 Å². The SMILES string of the molecule is OC(Cc1cccc(F)c1)c1cc(Cl)c2c(c1)OCO2. The van der Waals surface area contributed by atoms with Gasteiger partial charge in [0.25, 0.3) is 0 Å². The zero-order valence-corrected chi connectivity index (χ0v) is 11.2. The summed E-state index contributed by atoms with van der Waals surface area (Å²) in [5, 5.41) is 10.6. The Morgan fingerprint density at radius 3 is 2.90 bits per heavy atom. The molecular formula is C15H12ClFO3. The topological polar surface area (TPSA) is 38.7 Å². The minimum Gasteiger partial charge on any atom is -0.454 e. The first-order chi connectivity index (χ1) is 9.63. The van der Waals surface area contributed by atoms with Crippen LogP contribution in [-0.4, -0.2) is 11.9 Å². The van der Waals surface area contributed by atoms with Crippen molar-refractivity contribution in [2.24, 2.45) is 0 Å². The number of ether oxygens (including phenoxy) is 2. The molecule has 0 saturated carbocycles. The molecule has 2 aromatic rings. The molecule has 0 spiro atoms. The van der Waals surface area contributed by atoms with E-state index in [1.54, 1.807) is 24.3 Å². The minimum absolute atomic E-state index is 0.124. The van der Waals surface area contributed by atoms with Crippen molar-refractivity contribution < 1.29 is 19.0 Å². The Balaban J connectivity index is 1.84. The van der Waals surface area contributed by atoms with E-state index >= 15 is 0 Å². The fourth-order valence-electron chi connectivity index (χ4n) is 2.18. The molecule has 1 atom stereocenters. The number of aliphatic hydroxyl groups is 1. The molecule has 0 radical (unpaired) electrons. The number of hydrogen-bond acceptors (Lipinski definition) is 3. The highest BCUT2D eigenvalue weighted by Crippen LogP contribution is 2.41. The van der Waals surface area contributed by atoms with Crippen LogP contribution in [0.3, 0.4) is 0 Å². The summed E-state index contributed by atoms with van der Waals surface area (Å²) in [6.45, 7) is 0.124. The van der Waals surface area contributed by atoms with E-state index in [0.717, 1.165) is 0 Å². The van der Waals surface area contributed by atoms with Crippen LogP contribution in [0, 0.1) is 5.82 Å². The molecule has 5 heteroatoms. The van der Waals surface area contributed by atoms with Crippen molar-refractivity contribution in [1.29, 1.82) is 0 Å². The molecule has 0 fully saturated rings. The first kappa shape index (κ1) is 13.2. The van der Waals surface area contributed by atoms with E-state index in [4.69, 9.17) is 21.1 Å². The van der Waals surface area contributed by atoms with E-state index < -0.39 is 6.10 Å². The molecule has 1 aliphatic rings. The number of hydrogen-bond donors (Lipinski definition) is 1. The van der Waals surface area contributed by atoms with Crippen LogP contribution < -0.4 is 9.47 Å². The van der Waals surface area contributed by atoms with Gasteiger partial charge in [-0.2, -0.15) is 0 Å². The first-order valence-corrected chi connectivity index (χ1v) is 6.53. The van der Waals surface area contributed by atoms with E-state index in [1.807, 2.05) is 0 Å². The third-order valence-corrected chi connectivity index (χ3v) is 3.43. The molecule has 0 aliphatic carbocycles. The summed E-state index contributed by atoms with van der Waals surface area (Å²) in [6.07, 6.45) is -0.489. The highest BCUT2D eigenvalue weighted by atomic mass is 35.5. The molecule has 20 heavy (non-hydrogen) atoms. The summed E-state index contributed by atoms with van der Waals surface area (Å²) in [5.74, 6) is 0.692. The van der Waals surface area contributed by atoms with Crippen LogP contribution in [0.15, 0.2) is 36.4 Å². The van der Waals surface area contributed by atoms with Gasteiger partial charge in [-0.3, -0.25) is 0 Å². The van der Waals surface area contributed by atoms with Crippen LogP contribution in [-0.2, 0) is 6.42 Å². The van der Waals surface area contributed by atoms with Gasteiger partial charge in [0, 0.05) is 6.42 Å². The van der Waals surface area contributed by atoms with E-state index in [9.17, 15) is 9.50 Å². The van der Waals surface area contributed by atoms with Gasteiger partial charge < -0.3 is 14.6 Å². The van der Waals surface area contributed by atoms with Crippen LogP contribution in [0.2, 0.25) is 5.02 Å². The molecule has 0 bridgehead atoms. The van der Waals surface area contributed by atoms with Gasteiger partial charge >= 0.3 is 0 Å². The standard InChI is InChI=1S/C15H12ClFO3/c16-12-6-10(7-14-15(12)20-8-19-14)13(18)5-9-2-1-3-11(17)4-9/h1-4,6-7,13,18H,5,8H2. The van der Waals surface area contributed by atoms with Gasteiger partial charge in [-0.05, 0) is 35.4 Å². The van der Waals surface area contributed by atoms with Crippen molar-refractivity contribution in [3.8, 4) is 11.5 Å². The van der Waals surface area contributed by atoms with E-state index in [0.29, 0.717) is 34.1 Å². The summed E-state index contributed by atoms with van der Waals surface area (Å²) < 4.78 is 23.6. The molecule has 1 unspecified atom stereocenters. The summed E-state index contributed by atoms with van der Waals surface area (Å²) >= 11 is 6.07. The Labute approximate surface area is 120 Å². The zero-order chi connectivity index (χ0) is 14.1. The molecule has 1 heterocycles. The summed E-state index contributed by atoms with van der Waals surface area (Å²) in [7, 11) is 0. The van der Waals surface area contributed by atoms with Crippen molar-refractivity contribution in [1.82, 2.24) is 0 Å². The third kappa shape index (κ3) is 2.57. The largest absolute Gasteiger partial charge is 0.454 e. The summed E-state index contributed by atoms with van der Waals surface area (Å²) in [6, 6.07) is 9.48. The number of fused-ring (bicyclic) bond motifs is 1. The van der Waals surface area contributed by atoms with Crippen LogP contribution in [0.1, 0.15) is 17.2 Å². The lowest BCUT2D eigenvalue weighted by molar-refractivity contribution is 0.171. The normalized spacial score (nSPS) is 14.3. The Hall–Kier alpha value is -1.78. The predicted molar refractivity (Wildman–Crippen MR) is 72.6 cm³/mol. The number of halogens is 2. The second-order valence-corrected chi connectivity index (χ2v) is 4.99. The monoisotopic (exact) mass is 294 g/mol. The predicted octanol–water partition coefficient (Wildman–Crippen LogP) is 3.48. The average Bonchev–Trinajstić information content (AvgIpc) is 2.87. The molecule has 0 aromatic heterocycles. The van der Waals surface area contributed by atoms with E-state index in [1.165, 1.54) is 12.1 Å². The van der Waals surface area contributed by atoms with Gasteiger partial charge in [-0.25, -0.2) is 4.39 Å². The van der Waals surface area contributed by atoms with Gasteiger partial charge in [0.1, 0.15) is 5.82 Å². The highest BCUT2D eigenvalue weighted by Gasteiger charge is 2.21. The Morgan fingerprint density at radius 2 is 2.10 bits per heavy atom. The van der Waals surface area contributed by atoms with Crippen LogP contribution >= 0.6 is 11.6 Å². The molecular weight excluding hydrogens is 283 g/mol. The Kier molecular flexibility index (Phi) is 3.51. The van der Waals surface area contributed by atoms with Gasteiger partial charge in [-0.15, -0.1) is 0 Å². The van der Waals surface area contributed by atoms with E-state index in [2.05, 4.69) is 0 Å². The fraction of sp³-hybridized carbons (Fsp3) is 0.200. The third-order valence-electron chi connectivity index (χ3n) is 3.15. The second kappa shape index (κ2) is 5.31. The average molecular weight is 295 g/mol. The van der Waals surface area contributed by atoms with Gasteiger partial charge in [0.2, 0.25) is 6.79 Å². The molecule has 0 amide bonds. The van der Waals surface area contributed by atoms with Crippen molar-refractivity contribution >= 4 is 11.6 Å². The lowest BCUT2D eigenvalue weighted by Gasteiger charge is -2.12. The maximum atomic E-state index is 13.1. The quantitative estimate of drug-likeness (QED) is 0.942. The molecule has 3 rings (SSSR count). The van der Waals surface area contributed by atoms with Crippen molar-refractivity contribution in [2.75, 3.05) is 6.79 Å². The van der Waals surface area contributed by atoms with Crippen LogP contribution in [0.25, 0.3) is 0 Å². The molecule has 2 aromatic carbocycles. The van der Waals surface area contributed by atoms with Gasteiger partial charge in [-0.1, -0.05) is 23.7 Å². The van der Waals surface area contributed by atoms with Crippen LogP contribution in [0.4, 0.5) is 4.39 Å². The number of benzene rings is 2. The maximum absolute atomic E-state index is 13.1. The van der Waals surface area contributed by atoms with Crippen molar-refractivity contribution in [3.05, 3.63) is 58.4 Å². The molecule has 1 aliphatic heterocycles. The highest BCUT2D eigenvalue weighted by molar-refractivity contribution is 6.32. The molecule has 104 valence electrons. The van der Waals surface area contributed by atoms with Crippen LogP contribution in [0.5, 0.6) is 11.5 Å². The number of rotatable bonds is 3. The lowest BCUT2D eigenvalue weighted by atomic mass is 10.0. The zero-order valence-electron chi connectivity index (χ0n) is 10.5. The lowest BCUT2D eigenvalue weighted by Crippen LogP contribution is -2.02. The van der Waals surface area contributed by atoms with Crippen molar-refractivity contribution in [3.63, 3.8) is 0 Å². The maximum Gasteiger partial charge on any atom is 0.231 e. The summed E-state index contributed by atoms with van der Waals surface area (Å²) in [5.41, 5.74) is 1.33. The molecule has 0 saturated heterocycles. The smallest absolute Gasteiger partial charge is 0.231 e. The molecule has 1 N–H and O–H groups in total. The minimum atomic E-state index is -0.788. The molecule has 3 nitrogen and oxygen atoms in total.